The Bertz CT molecular complexity index is 1030. The summed E-state index contributed by atoms with van der Waals surface area (Å²) in [7, 11) is 0. The summed E-state index contributed by atoms with van der Waals surface area (Å²) in [6, 6.07) is 11.3. The number of benzene rings is 2. The Kier molecular flexibility index (Phi) is 6.04. The number of carbonyl (C=O) groups is 1. The highest BCUT2D eigenvalue weighted by molar-refractivity contribution is 8.00. The highest BCUT2D eigenvalue weighted by Gasteiger charge is 2.32. The summed E-state index contributed by atoms with van der Waals surface area (Å²) in [5.74, 6) is -1.38. The minimum atomic E-state index is -4.58. The first-order valence-corrected chi connectivity index (χ1v) is 9.41. The van der Waals surface area contributed by atoms with Crippen LogP contribution in [-0.2, 0) is 11.0 Å². The zero-order valence-corrected chi connectivity index (χ0v) is 16.3. The SMILES string of the molecule is CC(Sc1c([O-])on[n+]1-c1ccccc1)C(=O)Nc1cc(C(F)(F)F)ccc1Cl. The van der Waals surface area contributed by atoms with Gasteiger partial charge in [0, 0.05) is 12.1 Å². The topological polar surface area (TPSA) is 82.1 Å². The molecular weight excluding hydrogens is 431 g/mol. The summed E-state index contributed by atoms with van der Waals surface area (Å²) in [6.45, 7) is 1.49. The Morgan fingerprint density at radius 1 is 1.28 bits per heavy atom. The minimum Gasteiger partial charge on any atom is -0.538 e. The van der Waals surface area contributed by atoms with Crippen LogP contribution < -0.4 is 15.1 Å². The number of hydrogen-bond acceptors (Lipinski definition) is 5. The van der Waals surface area contributed by atoms with E-state index in [1.54, 1.807) is 30.3 Å². The third-order valence-corrected chi connectivity index (χ3v) is 5.24. The van der Waals surface area contributed by atoms with Crippen molar-refractivity contribution in [3.05, 3.63) is 59.1 Å². The van der Waals surface area contributed by atoms with E-state index in [4.69, 9.17) is 11.6 Å². The van der Waals surface area contributed by atoms with E-state index >= 15 is 0 Å². The lowest BCUT2D eigenvalue weighted by Gasteiger charge is -2.14. The molecule has 1 atom stereocenters. The van der Waals surface area contributed by atoms with Gasteiger partial charge in [0.25, 0.3) is 5.03 Å². The molecule has 1 aromatic heterocycles. The van der Waals surface area contributed by atoms with Gasteiger partial charge in [-0.05, 0) is 41.6 Å². The van der Waals surface area contributed by atoms with Gasteiger partial charge >= 0.3 is 6.18 Å². The molecule has 0 saturated heterocycles. The molecule has 29 heavy (non-hydrogen) atoms. The number of nitrogens with zero attached hydrogens (tertiary/aromatic N) is 2. The molecule has 1 amide bonds. The number of anilines is 1. The number of nitrogens with one attached hydrogen (secondary N) is 1. The van der Waals surface area contributed by atoms with E-state index in [-0.39, 0.29) is 15.7 Å². The summed E-state index contributed by atoms with van der Waals surface area (Å²) in [6.07, 6.45) is -4.58. The molecule has 1 N–H and O–H groups in total. The van der Waals surface area contributed by atoms with Gasteiger partial charge in [-0.3, -0.25) is 4.79 Å². The summed E-state index contributed by atoms with van der Waals surface area (Å²) in [5.41, 5.74) is -0.572. The van der Waals surface area contributed by atoms with Crippen molar-refractivity contribution in [2.45, 2.75) is 23.4 Å². The van der Waals surface area contributed by atoms with Gasteiger partial charge in [-0.25, -0.2) is 0 Å². The Morgan fingerprint density at radius 2 is 1.97 bits per heavy atom. The molecule has 0 radical (unpaired) electrons. The van der Waals surface area contributed by atoms with Gasteiger partial charge in [-0.15, -0.1) is 0 Å². The monoisotopic (exact) mass is 443 g/mol. The normalized spacial score (nSPS) is 12.6. The average Bonchev–Trinajstić information content (AvgIpc) is 3.03. The molecule has 0 saturated carbocycles. The lowest BCUT2D eigenvalue weighted by Crippen LogP contribution is -2.36. The highest BCUT2D eigenvalue weighted by Crippen LogP contribution is 2.34. The van der Waals surface area contributed by atoms with Crippen molar-refractivity contribution in [1.29, 1.82) is 0 Å². The molecule has 0 aliphatic heterocycles. The predicted molar refractivity (Wildman–Crippen MR) is 97.9 cm³/mol. The van der Waals surface area contributed by atoms with Gasteiger partial charge in [0.2, 0.25) is 11.6 Å². The van der Waals surface area contributed by atoms with Gasteiger partial charge in [-0.1, -0.05) is 29.8 Å². The molecule has 11 heteroatoms. The molecule has 0 aliphatic carbocycles. The lowest BCUT2D eigenvalue weighted by molar-refractivity contribution is -0.705. The third-order valence-electron chi connectivity index (χ3n) is 3.78. The zero-order valence-electron chi connectivity index (χ0n) is 14.7. The smallest absolute Gasteiger partial charge is 0.416 e. The van der Waals surface area contributed by atoms with Crippen LogP contribution in [0.2, 0.25) is 5.02 Å². The average molecular weight is 444 g/mol. The number of para-hydroxylation sites is 1. The minimum absolute atomic E-state index is 0.0441. The Morgan fingerprint density at radius 3 is 2.62 bits per heavy atom. The van der Waals surface area contributed by atoms with Crippen molar-refractivity contribution in [2.24, 2.45) is 0 Å². The molecular formula is C18H13ClF3N3O3S. The summed E-state index contributed by atoms with van der Waals surface area (Å²) >= 11 is 6.76. The quantitative estimate of drug-likeness (QED) is 0.479. The molecule has 0 aliphatic rings. The van der Waals surface area contributed by atoms with Crippen LogP contribution in [-0.4, -0.2) is 16.4 Å². The van der Waals surface area contributed by atoms with Crippen molar-refractivity contribution in [1.82, 2.24) is 5.27 Å². The molecule has 0 bridgehead atoms. The van der Waals surface area contributed by atoms with Crippen molar-refractivity contribution in [2.75, 3.05) is 5.32 Å². The standard InChI is InChI=1S/C18H13ClF3N3O3S/c1-10(15(26)23-14-9-11(18(20,21)22)7-8-13(14)19)29-16-17(27)28-24-25(16)12-5-3-2-4-6-12/h2-10H,1H3,(H-,23,24,26,27). The highest BCUT2D eigenvalue weighted by atomic mass is 35.5. The van der Waals surface area contributed by atoms with E-state index in [1.165, 1.54) is 11.6 Å². The number of hydrogen-bond donors (Lipinski definition) is 1. The lowest BCUT2D eigenvalue weighted by atomic mass is 10.2. The molecule has 2 aromatic carbocycles. The van der Waals surface area contributed by atoms with E-state index in [1.807, 2.05) is 0 Å². The fraction of sp³-hybridized carbons (Fsp3) is 0.167. The van der Waals surface area contributed by atoms with Crippen LogP contribution in [0.3, 0.4) is 0 Å². The van der Waals surface area contributed by atoms with Crippen LogP contribution in [0, 0.1) is 0 Å². The summed E-state index contributed by atoms with van der Waals surface area (Å²) < 4.78 is 44.6. The van der Waals surface area contributed by atoms with Gasteiger partial charge < -0.3 is 14.9 Å². The zero-order chi connectivity index (χ0) is 21.2. The molecule has 6 nitrogen and oxygen atoms in total. The molecule has 1 heterocycles. The van der Waals surface area contributed by atoms with Gasteiger partial charge in [0.15, 0.2) is 5.95 Å². The van der Waals surface area contributed by atoms with Crippen molar-refractivity contribution < 1.29 is 32.3 Å². The second kappa shape index (κ2) is 8.34. The maximum atomic E-state index is 12.9. The van der Waals surface area contributed by atoms with E-state index in [2.05, 4.69) is 15.1 Å². The first kappa shape index (κ1) is 21.0. The predicted octanol–water partition coefficient (Wildman–Crippen LogP) is 3.82. The van der Waals surface area contributed by atoms with Crippen LogP contribution >= 0.6 is 23.4 Å². The van der Waals surface area contributed by atoms with Crippen molar-refractivity contribution in [3.8, 4) is 11.6 Å². The van der Waals surface area contributed by atoms with E-state index in [0.717, 1.165) is 30.0 Å². The van der Waals surface area contributed by atoms with E-state index in [9.17, 15) is 23.1 Å². The fourth-order valence-corrected chi connectivity index (χ4v) is 3.36. The number of thioether (sulfide) groups is 1. The van der Waals surface area contributed by atoms with Crippen LogP contribution in [0.25, 0.3) is 5.69 Å². The molecule has 152 valence electrons. The van der Waals surface area contributed by atoms with E-state index in [0.29, 0.717) is 5.69 Å². The maximum absolute atomic E-state index is 12.9. The van der Waals surface area contributed by atoms with Crippen LogP contribution in [0.15, 0.2) is 58.1 Å². The molecule has 0 spiro atoms. The number of halogens is 4. The number of carbonyl (C=O) groups excluding carboxylic acids is 1. The Labute approximate surface area is 172 Å². The summed E-state index contributed by atoms with van der Waals surface area (Å²) in [4.78, 5) is 12.5. The van der Waals surface area contributed by atoms with Crippen LogP contribution in [0.1, 0.15) is 12.5 Å². The fourth-order valence-electron chi connectivity index (χ4n) is 2.32. The maximum Gasteiger partial charge on any atom is 0.416 e. The van der Waals surface area contributed by atoms with Gasteiger partial charge in [0.05, 0.1) is 26.8 Å². The van der Waals surface area contributed by atoms with Crippen LogP contribution in [0.4, 0.5) is 18.9 Å². The van der Waals surface area contributed by atoms with E-state index < -0.39 is 28.8 Å². The first-order chi connectivity index (χ1) is 13.7. The third kappa shape index (κ3) is 4.83. The summed E-state index contributed by atoms with van der Waals surface area (Å²) in [5, 5.41) is 17.2. The second-order valence-corrected chi connectivity index (χ2v) is 7.59. The van der Waals surface area contributed by atoms with Crippen LogP contribution in [0.5, 0.6) is 5.95 Å². The number of amides is 1. The Balaban J connectivity index is 1.79. The molecule has 1 unspecified atom stereocenters. The molecule has 3 aromatic rings. The number of alkyl halides is 3. The largest absolute Gasteiger partial charge is 0.538 e. The Hall–Kier alpha value is -2.72. The van der Waals surface area contributed by atoms with Gasteiger partial charge in [0.1, 0.15) is 0 Å². The molecule has 3 rings (SSSR count). The van der Waals surface area contributed by atoms with Crippen molar-refractivity contribution in [3.63, 3.8) is 0 Å². The number of aromatic nitrogens is 2. The second-order valence-electron chi connectivity index (χ2n) is 5.85. The van der Waals surface area contributed by atoms with Gasteiger partial charge in [-0.2, -0.15) is 13.2 Å². The molecule has 0 fully saturated rings. The first-order valence-electron chi connectivity index (χ1n) is 8.15. The number of rotatable bonds is 5. The van der Waals surface area contributed by atoms with Crippen molar-refractivity contribution >= 4 is 35.0 Å².